The van der Waals surface area contributed by atoms with Gasteiger partial charge in [0, 0.05) is 5.69 Å². The zero-order valence-corrected chi connectivity index (χ0v) is 15.1. The van der Waals surface area contributed by atoms with Crippen molar-refractivity contribution < 1.29 is 13.5 Å². The normalized spacial score (nSPS) is 10.6. The van der Waals surface area contributed by atoms with Crippen molar-refractivity contribution in [2.75, 3.05) is 10.6 Å². The first-order valence-electron chi connectivity index (χ1n) is 8.20. The fourth-order valence-electron chi connectivity index (χ4n) is 2.35. The first-order valence-corrected chi connectivity index (χ1v) is 8.61. The zero-order valence-electron chi connectivity index (χ0n) is 14.3. The van der Waals surface area contributed by atoms with Crippen LogP contribution in [0.1, 0.15) is 30.9 Å². The van der Waals surface area contributed by atoms with Crippen LogP contribution in [0.5, 0.6) is 5.75 Å². The molecule has 2 rings (SSSR count). The van der Waals surface area contributed by atoms with Gasteiger partial charge in [0.15, 0.2) is 5.11 Å². The van der Waals surface area contributed by atoms with Gasteiger partial charge in [-0.1, -0.05) is 31.5 Å². The molecule has 0 amide bonds. The maximum absolute atomic E-state index is 12.5. The van der Waals surface area contributed by atoms with Crippen LogP contribution in [-0.4, -0.2) is 11.7 Å². The summed E-state index contributed by atoms with van der Waals surface area (Å²) >= 11 is 5.26. The Morgan fingerprint density at radius 2 is 1.84 bits per heavy atom. The van der Waals surface area contributed by atoms with E-state index >= 15 is 0 Å². The van der Waals surface area contributed by atoms with Crippen molar-refractivity contribution >= 4 is 28.7 Å². The Balaban J connectivity index is 2.00. The predicted octanol–water partition coefficient (Wildman–Crippen LogP) is 5.75. The Kier molecular flexibility index (Phi) is 7.13. The number of halogens is 2. The molecule has 0 aliphatic rings. The number of alkyl halides is 2. The Hall–Kier alpha value is -2.21. The second-order valence-corrected chi connectivity index (χ2v) is 6.17. The molecule has 3 nitrogen and oxygen atoms in total. The summed E-state index contributed by atoms with van der Waals surface area (Å²) in [4.78, 5) is 0. The third-order valence-corrected chi connectivity index (χ3v) is 3.84. The van der Waals surface area contributed by atoms with Crippen molar-refractivity contribution in [3.05, 3.63) is 53.6 Å². The number of aryl methyl sites for hydroxylation is 2. The number of nitrogens with one attached hydrogen (secondary N) is 2. The molecule has 2 N–H and O–H groups in total. The van der Waals surface area contributed by atoms with Crippen LogP contribution in [0.25, 0.3) is 0 Å². The van der Waals surface area contributed by atoms with Crippen LogP contribution in [0.4, 0.5) is 20.2 Å². The van der Waals surface area contributed by atoms with E-state index in [0.717, 1.165) is 30.5 Å². The minimum absolute atomic E-state index is 0.0639. The highest BCUT2D eigenvalue weighted by Gasteiger charge is 2.11. The summed E-state index contributed by atoms with van der Waals surface area (Å²) in [6.07, 6.45) is 3.37. The van der Waals surface area contributed by atoms with Crippen molar-refractivity contribution in [1.29, 1.82) is 0 Å². The van der Waals surface area contributed by atoms with E-state index in [0.29, 0.717) is 10.8 Å². The van der Waals surface area contributed by atoms with Gasteiger partial charge in [-0.3, -0.25) is 0 Å². The number of benzene rings is 2. The maximum Gasteiger partial charge on any atom is 0.387 e. The second kappa shape index (κ2) is 9.32. The molecule has 0 aliphatic heterocycles. The number of rotatable bonds is 7. The SMILES string of the molecule is CCCCc1ccc(NC(=S)Nc2ccc(C)cc2OC(F)F)cc1. The first-order chi connectivity index (χ1) is 12.0. The molecule has 0 spiro atoms. The van der Waals surface area contributed by atoms with Crippen molar-refractivity contribution in [3.63, 3.8) is 0 Å². The quantitative estimate of drug-likeness (QED) is 0.613. The van der Waals surface area contributed by atoms with Gasteiger partial charge in [-0.25, -0.2) is 0 Å². The smallest absolute Gasteiger partial charge is 0.387 e. The van der Waals surface area contributed by atoms with Gasteiger partial charge < -0.3 is 15.4 Å². The molecule has 2 aromatic carbocycles. The van der Waals surface area contributed by atoms with Gasteiger partial charge in [-0.2, -0.15) is 8.78 Å². The number of hydrogen-bond donors (Lipinski definition) is 2. The number of ether oxygens (including phenoxy) is 1. The van der Waals surface area contributed by atoms with E-state index in [1.807, 2.05) is 12.1 Å². The third-order valence-electron chi connectivity index (χ3n) is 3.63. The lowest BCUT2D eigenvalue weighted by Gasteiger charge is -2.15. The van der Waals surface area contributed by atoms with Crippen LogP contribution in [-0.2, 0) is 6.42 Å². The molecule has 0 unspecified atom stereocenters. The van der Waals surface area contributed by atoms with Crippen molar-refractivity contribution in [2.45, 2.75) is 39.7 Å². The summed E-state index contributed by atoms with van der Waals surface area (Å²) < 4.78 is 29.6. The largest absolute Gasteiger partial charge is 0.433 e. The van der Waals surface area contributed by atoms with Gasteiger partial charge in [0.25, 0.3) is 0 Å². The number of unbranched alkanes of at least 4 members (excludes halogenated alkanes) is 1. The van der Waals surface area contributed by atoms with E-state index in [2.05, 4.69) is 34.4 Å². The fraction of sp³-hybridized carbons (Fsp3) is 0.316. The number of anilines is 2. The van der Waals surface area contributed by atoms with E-state index in [1.54, 1.807) is 25.1 Å². The van der Waals surface area contributed by atoms with E-state index in [9.17, 15) is 8.78 Å². The molecular formula is C19H22F2N2OS. The molecule has 0 aliphatic carbocycles. The van der Waals surface area contributed by atoms with Crippen LogP contribution in [0.3, 0.4) is 0 Å². The number of hydrogen-bond acceptors (Lipinski definition) is 2. The van der Waals surface area contributed by atoms with Gasteiger partial charge >= 0.3 is 6.61 Å². The van der Waals surface area contributed by atoms with Crippen molar-refractivity contribution in [1.82, 2.24) is 0 Å². The molecular weight excluding hydrogens is 342 g/mol. The Bertz CT molecular complexity index is 705. The van der Waals surface area contributed by atoms with E-state index in [-0.39, 0.29) is 5.75 Å². The molecule has 0 fully saturated rings. The molecule has 0 saturated heterocycles. The number of thiocarbonyl (C=S) groups is 1. The molecule has 134 valence electrons. The molecule has 0 aromatic heterocycles. The fourth-order valence-corrected chi connectivity index (χ4v) is 2.57. The molecule has 2 aromatic rings. The van der Waals surface area contributed by atoms with Gasteiger partial charge in [0.05, 0.1) is 5.69 Å². The average molecular weight is 364 g/mol. The first kappa shape index (κ1) is 19.1. The summed E-state index contributed by atoms with van der Waals surface area (Å²) in [6, 6.07) is 13.0. The minimum Gasteiger partial charge on any atom is -0.433 e. The Morgan fingerprint density at radius 3 is 2.48 bits per heavy atom. The summed E-state index contributed by atoms with van der Waals surface area (Å²) in [5.74, 6) is 0.0639. The van der Waals surface area contributed by atoms with Crippen LogP contribution in [0.15, 0.2) is 42.5 Å². The highest BCUT2D eigenvalue weighted by Crippen LogP contribution is 2.27. The molecule has 0 saturated carbocycles. The van der Waals surface area contributed by atoms with Crippen LogP contribution < -0.4 is 15.4 Å². The lowest BCUT2D eigenvalue weighted by molar-refractivity contribution is -0.0493. The molecule has 6 heteroatoms. The summed E-state index contributed by atoms with van der Waals surface area (Å²) in [5, 5.41) is 6.26. The predicted molar refractivity (Wildman–Crippen MR) is 103 cm³/mol. The topological polar surface area (TPSA) is 33.3 Å². The van der Waals surface area contributed by atoms with Gasteiger partial charge in [0.1, 0.15) is 5.75 Å². The maximum atomic E-state index is 12.5. The van der Waals surface area contributed by atoms with Crippen molar-refractivity contribution in [2.24, 2.45) is 0 Å². The highest BCUT2D eigenvalue weighted by molar-refractivity contribution is 7.80. The van der Waals surface area contributed by atoms with Crippen LogP contribution in [0.2, 0.25) is 0 Å². The van der Waals surface area contributed by atoms with Gasteiger partial charge in [-0.05, 0) is 67.4 Å². The van der Waals surface area contributed by atoms with Gasteiger partial charge in [-0.15, -0.1) is 0 Å². The Morgan fingerprint density at radius 1 is 1.12 bits per heavy atom. The lowest BCUT2D eigenvalue weighted by atomic mass is 10.1. The molecule has 0 bridgehead atoms. The van der Waals surface area contributed by atoms with Crippen molar-refractivity contribution in [3.8, 4) is 5.75 Å². The van der Waals surface area contributed by atoms with Crippen LogP contribution in [0, 0.1) is 6.92 Å². The van der Waals surface area contributed by atoms with Gasteiger partial charge in [0.2, 0.25) is 0 Å². The molecule has 0 atom stereocenters. The lowest BCUT2D eigenvalue weighted by Crippen LogP contribution is -2.20. The monoisotopic (exact) mass is 364 g/mol. The zero-order chi connectivity index (χ0) is 18.2. The Labute approximate surface area is 152 Å². The standard InChI is InChI=1S/C19H22F2N2OS/c1-3-4-5-14-7-9-15(10-8-14)22-19(25)23-16-11-6-13(2)12-17(16)24-18(20)21/h6-12,18H,3-5H2,1-2H3,(H2,22,23,25). The summed E-state index contributed by atoms with van der Waals surface area (Å²) in [5.41, 5.74) is 3.32. The molecule has 0 radical (unpaired) electrons. The molecule has 0 heterocycles. The van der Waals surface area contributed by atoms with E-state index in [1.165, 1.54) is 5.56 Å². The molecule has 25 heavy (non-hydrogen) atoms. The van der Waals surface area contributed by atoms with Crippen LogP contribution >= 0.6 is 12.2 Å². The highest BCUT2D eigenvalue weighted by atomic mass is 32.1. The van der Waals surface area contributed by atoms with E-state index in [4.69, 9.17) is 12.2 Å². The summed E-state index contributed by atoms with van der Waals surface area (Å²) in [6.45, 7) is 1.08. The average Bonchev–Trinajstić information content (AvgIpc) is 2.56. The second-order valence-electron chi connectivity index (χ2n) is 5.76. The third kappa shape index (κ3) is 6.31. The van der Waals surface area contributed by atoms with E-state index < -0.39 is 6.61 Å². The summed E-state index contributed by atoms with van der Waals surface area (Å²) in [7, 11) is 0. The minimum atomic E-state index is -2.89.